The maximum Gasteiger partial charge on any atom is 0.409 e. The van der Waals surface area contributed by atoms with Gasteiger partial charge in [0.05, 0.1) is 13.0 Å². The molecule has 0 radical (unpaired) electrons. The summed E-state index contributed by atoms with van der Waals surface area (Å²) in [7, 11) is 0. The first-order valence-electron chi connectivity index (χ1n) is 4.81. The third-order valence-corrected chi connectivity index (χ3v) is 1.95. The van der Waals surface area contributed by atoms with Crippen LogP contribution in [0.5, 0.6) is 0 Å². The second-order valence-corrected chi connectivity index (χ2v) is 3.01. The van der Waals surface area contributed by atoms with Crippen LogP contribution in [0.3, 0.4) is 0 Å². The molecule has 0 aliphatic carbocycles. The lowest BCUT2D eigenvalue weighted by Crippen LogP contribution is -2.42. The smallest absolute Gasteiger partial charge is 0.409 e. The summed E-state index contributed by atoms with van der Waals surface area (Å²) < 4.78 is 9.53. The highest BCUT2D eigenvalue weighted by molar-refractivity contribution is 5.71. The number of carbonyl (C=O) groups excluding carboxylic acids is 2. The van der Waals surface area contributed by atoms with Crippen molar-refractivity contribution in [3.63, 3.8) is 0 Å². The fourth-order valence-corrected chi connectivity index (χ4v) is 1.04. The number of ether oxygens (including phenoxy) is 2. The van der Waals surface area contributed by atoms with Crippen molar-refractivity contribution < 1.29 is 19.1 Å². The van der Waals surface area contributed by atoms with E-state index in [0.717, 1.165) is 19.5 Å². The molecule has 1 amide bonds. The summed E-state index contributed by atoms with van der Waals surface area (Å²) in [4.78, 5) is 23.6. The Hall–Kier alpha value is -1.26. The van der Waals surface area contributed by atoms with Crippen molar-refractivity contribution in [3.05, 3.63) is 0 Å². The maximum atomic E-state index is 11.1. The third-order valence-electron chi connectivity index (χ3n) is 1.95. The van der Waals surface area contributed by atoms with E-state index in [9.17, 15) is 9.59 Å². The topological polar surface area (TPSA) is 55.8 Å². The highest BCUT2D eigenvalue weighted by atomic mass is 16.6. The number of amides is 1. The van der Waals surface area contributed by atoms with Crippen LogP contribution in [0, 0.1) is 0 Å². The molecule has 1 aliphatic rings. The van der Waals surface area contributed by atoms with E-state index in [0.29, 0.717) is 6.61 Å². The number of esters is 1. The number of nitrogens with zero attached hydrogens (tertiary/aromatic N) is 1. The molecule has 5 nitrogen and oxygen atoms in total. The fourth-order valence-electron chi connectivity index (χ4n) is 1.04. The quantitative estimate of drug-likeness (QED) is 0.631. The zero-order chi connectivity index (χ0) is 10.4. The third kappa shape index (κ3) is 3.24. The average molecular weight is 201 g/mol. The van der Waals surface area contributed by atoms with Gasteiger partial charge < -0.3 is 14.4 Å². The van der Waals surface area contributed by atoms with Crippen LogP contribution in [0.4, 0.5) is 4.79 Å². The number of hydrogen-bond donors (Lipinski definition) is 0. The van der Waals surface area contributed by atoms with Crippen LogP contribution in [0.15, 0.2) is 0 Å². The Balaban J connectivity index is 2.02. The lowest BCUT2D eigenvalue weighted by Gasteiger charge is -2.29. The molecule has 1 rings (SSSR count). The molecule has 1 heterocycles. The van der Waals surface area contributed by atoms with E-state index in [-0.39, 0.29) is 25.1 Å². The average Bonchev–Trinajstić information content (AvgIpc) is 2.01. The molecule has 0 saturated carbocycles. The number of hydrogen-bond acceptors (Lipinski definition) is 4. The SMILES string of the molecule is CCOC(=O)CCOC(=O)N1CCC1. The molecule has 0 atom stereocenters. The van der Waals surface area contributed by atoms with Gasteiger partial charge in [0.1, 0.15) is 6.61 Å². The van der Waals surface area contributed by atoms with Gasteiger partial charge in [-0.05, 0) is 13.3 Å². The molecule has 1 aliphatic heterocycles. The molecular formula is C9H15NO4. The molecular weight excluding hydrogens is 186 g/mol. The van der Waals surface area contributed by atoms with Crippen LogP contribution in [-0.2, 0) is 14.3 Å². The van der Waals surface area contributed by atoms with Crippen molar-refractivity contribution in [1.82, 2.24) is 4.90 Å². The first kappa shape index (κ1) is 10.8. The van der Waals surface area contributed by atoms with Gasteiger partial charge in [0.25, 0.3) is 0 Å². The van der Waals surface area contributed by atoms with E-state index in [2.05, 4.69) is 4.74 Å². The van der Waals surface area contributed by atoms with Gasteiger partial charge in [-0.3, -0.25) is 4.79 Å². The summed E-state index contributed by atoms with van der Waals surface area (Å²) in [5.74, 6) is -0.330. The lowest BCUT2D eigenvalue weighted by molar-refractivity contribution is -0.143. The van der Waals surface area contributed by atoms with E-state index < -0.39 is 0 Å². The summed E-state index contributed by atoms with van der Waals surface area (Å²) in [6.07, 6.45) is 0.834. The largest absolute Gasteiger partial charge is 0.466 e. The first-order chi connectivity index (χ1) is 6.74. The van der Waals surface area contributed by atoms with Crippen molar-refractivity contribution >= 4 is 12.1 Å². The van der Waals surface area contributed by atoms with Gasteiger partial charge in [-0.15, -0.1) is 0 Å². The molecule has 80 valence electrons. The molecule has 0 bridgehead atoms. The van der Waals surface area contributed by atoms with Gasteiger partial charge in [0.2, 0.25) is 0 Å². The summed E-state index contributed by atoms with van der Waals surface area (Å²) in [5.41, 5.74) is 0. The Morgan fingerprint density at radius 2 is 2.00 bits per heavy atom. The highest BCUT2D eigenvalue weighted by Gasteiger charge is 2.21. The van der Waals surface area contributed by atoms with Crippen molar-refractivity contribution in [2.45, 2.75) is 19.8 Å². The second kappa shape index (κ2) is 5.47. The summed E-state index contributed by atoms with van der Waals surface area (Å²) in [5, 5.41) is 0. The van der Waals surface area contributed by atoms with Crippen LogP contribution in [0.2, 0.25) is 0 Å². The van der Waals surface area contributed by atoms with Crippen LogP contribution in [-0.4, -0.2) is 43.3 Å². The molecule has 0 N–H and O–H groups in total. The lowest BCUT2D eigenvalue weighted by atomic mass is 10.2. The van der Waals surface area contributed by atoms with Gasteiger partial charge in [-0.2, -0.15) is 0 Å². The van der Waals surface area contributed by atoms with E-state index in [4.69, 9.17) is 4.74 Å². The Morgan fingerprint density at radius 1 is 1.29 bits per heavy atom. The minimum atomic E-state index is -0.333. The van der Waals surface area contributed by atoms with Crippen molar-refractivity contribution in [1.29, 1.82) is 0 Å². The molecule has 0 aromatic heterocycles. The maximum absolute atomic E-state index is 11.1. The first-order valence-corrected chi connectivity index (χ1v) is 4.81. The van der Waals surface area contributed by atoms with Crippen molar-refractivity contribution in [3.8, 4) is 0 Å². The predicted molar refractivity (Wildman–Crippen MR) is 48.8 cm³/mol. The number of carbonyl (C=O) groups is 2. The van der Waals surface area contributed by atoms with Crippen LogP contribution in [0.1, 0.15) is 19.8 Å². The fraction of sp³-hybridized carbons (Fsp3) is 0.778. The summed E-state index contributed by atoms with van der Waals surface area (Å²) in [6, 6.07) is 0. The van der Waals surface area contributed by atoms with Crippen LogP contribution < -0.4 is 0 Å². The summed E-state index contributed by atoms with van der Waals surface area (Å²) >= 11 is 0. The minimum absolute atomic E-state index is 0.105. The van der Waals surface area contributed by atoms with Gasteiger partial charge in [0.15, 0.2) is 0 Å². The van der Waals surface area contributed by atoms with E-state index in [1.165, 1.54) is 0 Å². The van der Waals surface area contributed by atoms with Crippen LogP contribution in [0.25, 0.3) is 0 Å². The van der Waals surface area contributed by atoms with Crippen LogP contribution >= 0.6 is 0 Å². The molecule has 0 spiro atoms. The number of likely N-dealkylation sites (tertiary alicyclic amines) is 1. The zero-order valence-corrected chi connectivity index (χ0v) is 8.32. The monoisotopic (exact) mass is 201 g/mol. The zero-order valence-electron chi connectivity index (χ0n) is 8.32. The molecule has 0 unspecified atom stereocenters. The molecule has 0 aromatic carbocycles. The predicted octanol–water partition coefficient (Wildman–Crippen LogP) is 0.782. The van der Waals surface area contributed by atoms with Gasteiger partial charge in [-0.1, -0.05) is 0 Å². The Morgan fingerprint density at radius 3 is 2.50 bits per heavy atom. The van der Waals surface area contributed by atoms with Crippen molar-refractivity contribution in [2.75, 3.05) is 26.3 Å². The Kier molecular flexibility index (Phi) is 4.22. The second-order valence-electron chi connectivity index (χ2n) is 3.01. The van der Waals surface area contributed by atoms with Gasteiger partial charge >= 0.3 is 12.1 Å². The van der Waals surface area contributed by atoms with E-state index in [1.807, 2.05) is 0 Å². The van der Waals surface area contributed by atoms with E-state index >= 15 is 0 Å². The molecule has 14 heavy (non-hydrogen) atoms. The highest BCUT2D eigenvalue weighted by Crippen LogP contribution is 2.07. The molecule has 1 saturated heterocycles. The van der Waals surface area contributed by atoms with Gasteiger partial charge in [0, 0.05) is 13.1 Å². The van der Waals surface area contributed by atoms with Crippen molar-refractivity contribution in [2.24, 2.45) is 0 Å². The number of rotatable bonds is 4. The summed E-state index contributed by atoms with van der Waals surface area (Å²) in [6.45, 7) is 3.73. The molecule has 5 heteroatoms. The van der Waals surface area contributed by atoms with Gasteiger partial charge in [-0.25, -0.2) is 4.79 Å². The Labute approximate surface area is 83.0 Å². The minimum Gasteiger partial charge on any atom is -0.466 e. The van der Waals surface area contributed by atoms with E-state index in [1.54, 1.807) is 11.8 Å². The Bertz CT molecular complexity index is 213. The molecule has 0 aromatic rings. The standard InChI is InChI=1S/C9H15NO4/c1-2-13-8(11)4-7-14-9(12)10-5-3-6-10/h2-7H2,1H3. The normalized spacial score (nSPS) is 14.5. The molecule has 1 fully saturated rings.